The van der Waals surface area contributed by atoms with Crippen molar-refractivity contribution in [3.8, 4) is 17.0 Å². The molecule has 0 N–H and O–H groups in total. The van der Waals surface area contributed by atoms with Crippen molar-refractivity contribution in [1.29, 1.82) is 0 Å². The van der Waals surface area contributed by atoms with Crippen LogP contribution in [0.3, 0.4) is 0 Å². The Hall–Kier alpha value is -2.66. The molecular weight excluding hydrogens is 416 g/mol. The average molecular weight is 437 g/mol. The monoisotopic (exact) mass is 436 g/mol. The summed E-state index contributed by atoms with van der Waals surface area (Å²) in [7, 11) is 0. The molecule has 4 rings (SSSR count). The molecule has 0 spiro atoms. The maximum absolute atomic E-state index is 12.7. The van der Waals surface area contributed by atoms with Crippen LogP contribution in [0.25, 0.3) is 11.1 Å². The number of carbonyl (C=O) groups is 1. The normalized spacial score (nSPS) is 16.2. The summed E-state index contributed by atoms with van der Waals surface area (Å²) in [5.74, 6) is 0.719. The molecule has 1 amide bonds. The van der Waals surface area contributed by atoms with E-state index in [1.807, 2.05) is 47.4 Å². The number of ether oxygens (including phenoxy) is 1. The van der Waals surface area contributed by atoms with Crippen LogP contribution in [-0.4, -0.2) is 35.0 Å². The SMILES string of the molecule is O=C(Cc1ccc(-c2ccccc2)cc1)N1CCC(Oc2ncccc2Br)C1. The topological polar surface area (TPSA) is 42.4 Å². The third kappa shape index (κ3) is 4.42. The first-order valence-electron chi connectivity index (χ1n) is 9.38. The van der Waals surface area contributed by atoms with Gasteiger partial charge in [0.05, 0.1) is 17.4 Å². The number of halogens is 1. The number of amides is 1. The van der Waals surface area contributed by atoms with Crippen LogP contribution in [0.15, 0.2) is 77.4 Å². The van der Waals surface area contributed by atoms with E-state index in [1.165, 1.54) is 5.56 Å². The second kappa shape index (κ2) is 8.57. The highest BCUT2D eigenvalue weighted by Gasteiger charge is 2.28. The molecule has 142 valence electrons. The Morgan fingerprint density at radius 1 is 1.04 bits per heavy atom. The minimum Gasteiger partial charge on any atom is -0.472 e. The van der Waals surface area contributed by atoms with Gasteiger partial charge in [-0.3, -0.25) is 4.79 Å². The Morgan fingerprint density at radius 3 is 2.54 bits per heavy atom. The fourth-order valence-corrected chi connectivity index (χ4v) is 3.75. The van der Waals surface area contributed by atoms with Gasteiger partial charge in [-0.1, -0.05) is 54.6 Å². The van der Waals surface area contributed by atoms with Gasteiger partial charge in [0.25, 0.3) is 0 Å². The first-order chi connectivity index (χ1) is 13.7. The molecule has 4 nitrogen and oxygen atoms in total. The Bertz CT molecular complexity index is 944. The van der Waals surface area contributed by atoms with Crippen LogP contribution in [0, 0.1) is 0 Å². The predicted molar refractivity (Wildman–Crippen MR) is 113 cm³/mol. The number of nitrogens with zero attached hydrogens (tertiary/aromatic N) is 2. The third-order valence-electron chi connectivity index (χ3n) is 4.92. The van der Waals surface area contributed by atoms with Crippen LogP contribution in [0.4, 0.5) is 0 Å². The van der Waals surface area contributed by atoms with Crippen LogP contribution in [-0.2, 0) is 11.2 Å². The first kappa shape index (κ1) is 18.7. The highest BCUT2D eigenvalue weighted by atomic mass is 79.9. The predicted octanol–water partition coefficient (Wildman–Crippen LogP) is 4.73. The van der Waals surface area contributed by atoms with Crippen molar-refractivity contribution in [2.75, 3.05) is 13.1 Å². The van der Waals surface area contributed by atoms with Gasteiger partial charge in [0.1, 0.15) is 6.10 Å². The lowest BCUT2D eigenvalue weighted by atomic mass is 10.0. The summed E-state index contributed by atoms with van der Waals surface area (Å²) in [6.45, 7) is 1.32. The summed E-state index contributed by atoms with van der Waals surface area (Å²) < 4.78 is 6.78. The van der Waals surface area contributed by atoms with E-state index < -0.39 is 0 Å². The minimum atomic E-state index is -0.0180. The molecule has 0 bridgehead atoms. The lowest BCUT2D eigenvalue weighted by Crippen LogP contribution is -2.32. The van der Waals surface area contributed by atoms with Crippen LogP contribution >= 0.6 is 15.9 Å². The number of rotatable bonds is 5. The summed E-state index contributed by atoms with van der Waals surface area (Å²) >= 11 is 3.45. The van der Waals surface area contributed by atoms with E-state index in [-0.39, 0.29) is 12.0 Å². The summed E-state index contributed by atoms with van der Waals surface area (Å²) in [6, 6.07) is 22.2. The summed E-state index contributed by atoms with van der Waals surface area (Å²) in [4.78, 5) is 18.8. The van der Waals surface area contributed by atoms with E-state index in [2.05, 4.69) is 45.2 Å². The zero-order chi connectivity index (χ0) is 19.3. The van der Waals surface area contributed by atoms with E-state index in [0.717, 1.165) is 28.6 Å². The number of likely N-dealkylation sites (tertiary alicyclic amines) is 1. The van der Waals surface area contributed by atoms with Gasteiger partial charge in [-0.15, -0.1) is 0 Å². The minimum absolute atomic E-state index is 0.0180. The summed E-state index contributed by atoms with van der Waals surface area (Å²) in [6.07, 6.45) is 2.92. The van der Waals surface area contributed by atoms with Gasteiger partial charge >= 0.3 is 0 Å². The lowest BCUT2D eigenvalue weighted by Gasteiger charge is -2.17. The van der Waals surface area contributed by atoms with Crippen molar-refractivity contribution in [2.45, 2.75) is 18.9 Å². The number of hydrogen-bond donors (Lipinski definition) is 0. The van der Waals surface area contributed by atoms with Gasteiger partial charge < -0.3 is 9.64 Å². The molecule has 1 atom stereocenters. The zero-order valence-corrected chi connectivity index (χ0v) is 17.0. The average Bonchev–Trinajstić information content (AvgIpc) is 3.20. The molecule has 1 saturated heterocycles. The molecule has 1 aromatic heterocycles. The molecular formula is C23H21BrN2O2. The number of carbonyl (C=O) groups excluding carboxylic acids is 1. The highest BCUT2D eigenvalue weighted by molar-refractivity contribution is 9.10. The second-order valence-corrected chi connectivity index (χ2v) is 7.75. The molecule has 0 saturated carbocycles. The molecule has 5 heteroatoms. The third-order valence-corrected chi connectivity index (χ3v) is 5.52. The lowest BCUT2D eigenvalue weighted by molar-refractivity contribution is -0.129. The number of pyridine rings is 1. The number of aromatic nitrogens is 1. The highest BCUT2D eigenvalue weighted by Crippen LogP contribution is 2.25. The second-order valence-electron chi connectivity index (χ2n) is 6.90. The van der Waals surface area contributed by atoms with E-state index in [0.29, 0.717) is 18.8 Å². The molecule has 1 aliphatic rings. The van der Waals surface area contributed by atoms with Crippen molar-refractivity contribution >= 4 is 21.8 Å². The van der Waals surface area contributed by atoms with Gasteiger partial charge in [0.15, 0.2) is 0 Å². The molecule has 3 aromatic rings. The van der Waals surface area contributed by atoms with Crippen molar-refractivity contribution in [3.63, 3.8) is 0 Å². The standard InChI is InChI=1S/C23H21BrN2O2/c24-21-7-4-13-25-23(21)28-20-12-14-26(16-20)22(27)15-17-8-10-19(11-9-17)18-5-2-1-3-6-18/h1-11,13,20H,12,14-16H2. The fraction of sp³-hybridized carbons (Fsp3) is 0.217. The fourth-order valence-electron chi connectivity index (χ4n) is 3.40. The number of hydrogen-bond acceptors (Lipinski definition) is 3. The van der Waals surface area contributed by atoms with Crippen LogP contribution in [0.1, 0.15) is 12.0 Å². The van der Waals surface area contributed by atoms with Gasteiger partial charge in [-0.25, -0.2) is 4.98 Å². The molecule has 2 heterocycles. The van der Waals surface area contributed by atoms with E-state index in [4.69, 9.17) is 4.74 Å². The molecule has 1 aliphatic heterocycles. The van der Waals surface area contributed by atoms with E-state index in [9.17, 15) is 4.79 Å². The quantitative estimate of drug-likeness (QED) is 0.580. The Kier molecular flexibility index (Phi) is 5.72. The Morgan fingerprint density at radius 2 is 1.79 bits per heavy atom. The Labute approximate surface area is 173 Å². The summed E-state index contributed by atoms with van der Waals surface area (Å²) in [5.41, 5.74) is 3.37. The Balaban J connectivity index is 1.33. The molecule has 28 heavy (non-hydrogen) atoms. The number of benzene rings is 2. The van der Waals surface area contributed by atoms with Gasteiger partial charge in [0.2, 0.25) is 11.8 Å². The molecule has 2 aromatic carbocycles. The maximum atomic E-state index is 12.7. The van der Waals surface area contributed by atoms with Crippen molar-refractivity contribution < 1.29 is 9.53 Å². The molecule has 0 aliphatic carbocycles. The summed E-state index contributed by atoms with van der Waals surface area (Å²) in [5, 5.41) is 0. The zero-order valence-electron chi connectivity index (χ0n) is 15.4. The van der Waals surface area contributed by atoms with Crippen LogP contribution in [0.5, 0.6) is 5.88 Å². The molecule has 1 fully saturated rings. The van der Waals surface area contributed by atoms with Gasteiger partial charge in [-0.2, -0.15) is 0 Å². The van der Waals surface area contributed by atoms with E-state index >= 15 is 0 Å². The van der Waals surface area contributed by atoms with Crippen LogP contribution < -0.4 is 4.74 Å². The van der Waals surface area contributed by atoms with Gasteiger partial charge in [0, 0.05) is 19.2 Å². The maximum Gasteiger partial charge on any atom is 0.228 e. The van der Waals surface area contributed by atoms with Gasteiger partial charge in [-0.05, 0) is 44.8 Å². The largest absolute Gasteiger partial charge is 0.472 e. The van der Waals surface area contributed by atoms with Crippen LogP contribution in [0.2, 0.25) is 0 Å². The van der Waals surface area contributed by atoms with Crippen molar-refractivity contribution in [3.05, 3.63) is 83.0 Å². The smallest absolute Gasteiger partial charge is 0.228 e. The molecule has 0 radical (unpaired) electrons. The first-order valence-corrected chi connectivity index (χ1v) is 10.2. The van der Waals surface area contributed by atoms with Crippen molar-refractivity contribution in [1.82, 2.24) is 9.88 Å². The molecule has 1 unspecified atom stereocenters. The van der Waals surface area contributed by atoms with Crippen molar-refractivity contribution in [2.24, 2.45) is 0 Å². The van der Waals surface area contributed by atoms with E-state index in [1.54, 1.807) is 6.20 Å².